The van der Waals surface area contributed by atoms with Gasteiger partial charge in [-0.1, -0.05) is 12.1 Å². The number of carbonyl (C=O) groups is 2. The number of urea groups is 1. The summed E-state index contributed by atoms with van der Waals surface area (Å²) in [5.41, 5.74) is 0.778. The molecule has 0 atom stereocenters. The molecule has 1 spiro atoms. The molecular weight excluding hydrogens is 329 g/mol. The highest BCUT2D eigenvalue weighted by Crippen LogP contribution is 2.31. The molecule has 2 N–H and O–H groups in total. The van der Waals surface area contributed by atoms with Crippen molar-refractivity contribution in [3.05, 3.63) is 35.6 Å². The van der Waals surface area contributed by atoms with Gasteiger partial charge in [-0.25, -0.2) is 9.18 Å². The molecule has 0 aliphatic carbocycles. The number of hydrogen-bond acceptors (Lipinski definition) is 4. The van der Waals surface area contributed by atoms with Gasteiger partial charge >= 0.3 is 6.03 Å². The van der Waals surface area contributed by atoms with Gasteiger partial charge in [0.15, 0.2) is 5.79 Å². The van der Waals surface area contributed by atoms with Crippen molar-refractivity contribution in [2.24, 2.45) is 0 Å². The van der Waals surface area contributed by atoms with E-state index in [9.17, 15) is 14.0 Å². The quantitative estimate of drug-likeness (QED) is 0.848. The zero-order valence-electron chi connectivity index (χ0n) is 13.9. The SMILES string of the molecule is O=C(NCC(=O)N1CCC2(CC1)OCCO2)NCc1ccc(F)cc1. The average molecular weight is 351 g/mol. The molecule has 8 heteroatoms. The van der Waals surface area contributed by atoms with Gasteiger partial charge in [0, 0.05) is 32.5 Å². The minimum Gasteiger partial charge on any atom is -0.347 e. The standard InChI is InChI=1S/C17H22FN3O4/c18-14-3-1-13(2-4-14)11-19-16(23)20-12-15(22)21-7-5-17(6-8-21)24-9-10-25-17/h1-4H,5-12H2,(H2,19,20,23). The second-order valence-electron chi connectivity index (χ2n) is 6.15. The van der Waals surface area contributed by atoms with E-state index in [4.69, 9.17) is 9.47 Å². The van der Waals surface area contributed by atoms with Crippen LogP contribution in [0.25, 0.3) is 0 Å². The van der Waals surface area contributed by atoms with Crippen LogP contribution in [0.5, 0.6) is 0 Å². The smallest absolute Gasteiger partial charge is 0.315 e. The summed E-state index contributed by atoms with van der Waals surface area (Å²) in [6.45, 7) is 2.51. The van der Waals surface area contributed by atoms with Crippen LogP contribution in [0.1, 0.15) is 18.4 Å². The number of hydrogen-bond donors (Lipinski definition) is 2. The molecule has 7 nitrogen and oxygen atoms in total. The lowest BCUT2D eigenvalue weighted by molar-refractivity contribution is -0.187. The van der Waals surface area contributed by atoms with Crippen molar-refractivity contribution < 1.29 is 23.5 Å². The molecule has 25 heavy (non-hydrogen) atoms. The Morgan fingerprint density at radius 1 is 1.08 bits per heavy atom. The zero-order valence-corrected chi connectivity index (χ0v) is 13.9. The van der Waals surface area contributed by atoms with Gasteiger partial charge in [-0.2, -0.15) is 0 Å². The number of nitrogens with one attached hydrogen (secondary N) is 2. The Balaban J connectivity index is 1.35. The molecule has 2 aliphatic heterocycles. The summed E-state index contributed by atoms with van der Waals surface area (Å²) in [7, 11) is 0. The molecule has 0 saturated carbocycles. The lowest BCUT2D eigenvalue weighted by atomic mass is 10.0. The third-order valence-electron chi connectivity index (χ3n) is 4.46. The van der Waals surface area contributed by atoms with Crippen molar-refractivity contribution in [1.82, 2.24) is 15.5 Å². The van der Waals surface area contributed by atoms with Gasteiger partial charge in [0.05, 0.1) is 19.8 Å². The van der Waals surface area contributed by atoms with E-state index in [0.717, 1.165) is 5.56 Å². The van der Waals surface area contributed by atoms with Crippen LogP contribution in [0.15, 0.2) is 24.3 Å². The fraction of sp³-hybridized carbons (Fsp3) is 0.529. The second kappa shape index (κ2) is 7.79. The predicted molar refractivity (Wildman–Crippen MR) is 87.1 cm³/mol. The number of halogens is 1. The van der Waals surface area contributed by atoms with Gasteiger partial charge in [0.1, 0.15) is 5.82 Å². The monoisotopic (exact) mass is 351 g/mol. The van der Waals surface area contributed by atoms with E-state index in [1.807, 2.05) is 0 Å². The van der Waals surface area contributed by atoms with E-state index in [0.29, 0.717) is 39.1 Å². The molecule has 3 rings (SSSR count). The summed E-state index contributed by atoms with van der Waals surface area (Å²) in [5, 5.41) is 5.18. The maximum absolute atomic E-state index is 12.8. The van der Waals surface area contributed by atoms with Gasteiger partial charge < -0.3 is 25.0 Å². The molecule has 2 aliphatic rings. The Bertz CT molecular complexity index is 607. The number of piperidine rings is 1. The van der Waals surface area contributed by atoms with Crippen LogP contribution in [0.2, 0.25) is 0 Å². The summed E-state index contributed by atoms with van der Waals surface area (Å²) in [6, 6.07) is 5.42. The van der Waals surface area contributed by atoms with E-state index in [2.05, 4.69) is 10.6 Å². The van der Waals surface area contributed by atoms with Crippen LogP contribution in [-0.4, -0.2) is 55.5 Å². The maximum atomic E-state index is 12.8. The van der Waals surface area contributed by atoms with E-state index >= 15 is 0 Å². The Labute approximate surface area is 145 Å². The van der Waals surface area contributed by atoms with Crippen molar-refractivity contribution in [2.75, 3.05) is 32.8 Å². The molecule has 2 saturated heterocycles. The maximum Gasteiger partial charge on any atom is 0.315 e. The molecule has 1 aromatic carbocycles. The number of nitrogens with zero attached hydrogens (tertiary/aromatic N) is 1. The number of carbonyl (C=O) groups excluding carboxylic acids is 2. The molecule has 0 radical (unpaired) electrons. The Kier molecular flexibility index (Phi) is 5.50. The van der Waals surface area contributed by atoms with Gasteiger partial charge in [0.25, 0.3) is 0 Å². The Morgan fingerprint density at radius 3 is 2.36 bits per heavy atom. The fourth-order valence-electron chi connectivity index (χ4n) is 3.00. The number of rotatable bonds is 4. The molecular formula is C17H22FN3O4. The van der Waals surface area contributed by atoms with Gasteiger partial charge in [-0.15, -0.1) is 0 Å². The fourth-order valence-corrected chi connectivity index (χ4v) is 3.00. The number of likely N-dealkylation sites (tertiary alicyclic amines) is 1. The van der Waals surface area contributed by atoms with Crippen LogP contribution < -0.4 is 10.6 Å². The lowest BCUT2D eigenvalue weighted by Crippen LogP contribution is -2.50. The van der Waals surface area contributed by atoms with Crippen LogP contribution in [0, 0.1) is 5.82 Å². The first-order valence-electron chi connectivity index (χ1n) is 8.38. The van der Waals surface area contributed by atoms with Crippen molar-refractivity contribution >= 4 is 11.9 Å². The molecule has 3 amide bonds. The predicted octanol–water partition coefficient (Wildman–Crippen LogP) is 0.990. The van der Waals surface area contributed by atoms with Crippen molar-refractivity contribution in [1.29, 1.82) is 0 Å². The summed E-state index contributed by atoms with van der Waals surface area (Å²) in [6.07, 6.45) is 1.30. The van der Waals surface area contributed by atoms with Gasteiger partial charge in [-0.05, 0) is 17.7 Å². The van der Waals surface area contributed by atoms with Gasteiger partial charge in [0.2, 0.25) is 5.91 Å². The van der Waals surface area contributed by atoms with Crippen molar-refractivity contribution in [3.63, 3.8) is 0 Å². The third-order valence-corrected chi connectivity index (χ3v) is 4.46. The first-order chi connectivity index (χ1) is 12.1. The summed E-state index contributed by atoms with van der Waals surface area (Å²) < 4.78 is 24.1. The summed E-state index contributed by atoms with van der Waals surface area (Å²) in [4.78, 5) is 25.7. The van der Waals surface area contributed by atoms with Crippen LogP contribution >= 0.6 is 0 Å². The first kappa shape index (κ1) is 17.6. The minimum atomic E-state index is -0.517. The number of amides is 3. The highest BCUT2D eigenvalue weighted by atomic mass is 19.1. The van der Waals surface area contributed by atoms with Crippen LogP contribution in [-0.2, 0) is 20.8 Å². The highest BCUT2D eigenvalue weighted by Gasteiger charge is 2.40. The van der Waals surface area contributed by atoms with Crippen molar-refractivity contribution in [3.8, 4) is 0 Å². The van der Waals surface area contributed by atoms with E-state index in [1.54, 1.807) is 17.0 Å². The Hall–Kier alpha value is -2.19. The third kappa shape index (κ3) is 4.67. The molecule has 1 aromatic rings. The minimum absolute atomic E-state index is 0.0655. The average Bonchev–Trinajstić information content (AvgIpc) is 3.08. The zero-order chi connectivity index (χ0) is 17.7. The van der Waals surface area contributed by atoms with E-state index in [1.165, 1.54) is 12.1 Å². The topological polar surface area (TPSA) is 79.9 Å². The summed E-state index contributed by atoms with van der Waals surface area (Å²) >= 11 is 0. The van der Waals surface area contributed by atoms with Crippen molar-refractivity contribution in [2.45, 2.75) is 25.2 Å². The molecule has 2 heterocycles. The normalized spacial score (nSPS) is 19.0. The number of benzene rings is 1. The summed E-state index contributed by atoms with van der Waals surface area (Å²) in [5.74, 6) is -0.975. The van der Waals surface area contributed by atoms with E-state index < -0.39 is 11.8 Å². The van der Waals surface area contributed by atoms with Crippen LogP contribution in [0.3, 0.4) is 0 Å². The second-order valence-corrected chi connectivity index (χ2v) is 6.15. The highest BCUT2D eigenvalue weighted by molar-refractivity contribution is 5.84. The number of ether oxygens (including phenoxy) is 2. The van der Waals surface area contributed by atoms with Gasteiger partial charge in [-0.3, -0.25) is 4.79 Å². The molecule has 2 fully saturated rings. The lowest BCUT2D eigenvalue weighted by Gasteiger charge is -2.37. The Morgan fingerprint density at radius 2 is 1.72 bits per heavy atom. The molecule has 0 unspecified atom stereocenters. The molecule has 0 bridgehead atoms. The van der Waals surface area contributed by atoms with E-state index in [-0.39, 0.29) is 24.8 Å². The van der Waals surface area contributed by atoms with Crippen LogP contribution in [0.4, 0.5) is 9.18 Å². The molecule has 136 valence electrons. The first-order valence-corrected chi connectivity index (χ1v) is 8.38. The molecule has 0 aromatic heterocycles. The largest absolute Gasteiger partial charge is 0.347 e.